The van der Waals surface area contributed by atoms with E-state index < -0.39 is 0 Å². The summed E-state index contributed by atoms with van der Waals surface area (Å²) in [7, 11) is 1.68. The van der Waals surface area contributed by atoms with Gasteiger partial charge in [-0.2, -0.15) is 0 Å². The minimum Gasteiger partial charge on any atom is -0.497 e. The highest BCUT2D eigenvalue weighted by molar-refractivity contribution is 5.83. The van der Waals surface area contributed by atoms with Crippen molar-refractivity contribution in [3.8, 4) is 5.75 Å². The molecule has 2 heteroatoms. The largest absolute Gasteiger partial charge is 0.497 e. The van der Waals surface area contributed by atoms with Crippen LogP contribution in [0.3, 0.4) is 0 Å². The van der Waals surface area contributed by atoms with Gasteiger partial charge in [0, 0.05) is 16.9 Å². The highest BCUT2D eigenvalue weighted by Crippen LogP contribution is 2.32. The number of methoxy groups -OCH3 is 1. The lowest BCUT2D eigenvalue weighted by atomic mass is 10.1. The van der Waals surface area contributed by atoms with Crippen LogP contribution in [0.5, 0.6) is 5.75 Å². The molecule has 0 aromatic heterocycles. The number of benzene rings is 1. The zero-order chi connectivity index (χ0) is 13.2. The Balaban J connectivity index is 1.88. The average Bonchev–Trinajstić information content (AvgIpc) is 2.76. The van der Waals surface area contributed by atoms with Crippen LogP contribution >= 0.6 is 0 Å². The summed E-state index contributed by atoms with van der Waals surface area (Å²) in [4.78, 5) is 0. The molecule has 0 saturated carbocycles. The van der Waals surface area contributed by atoms with E-state index in [1.165, 1.54) is 22.4 Å². The first-order valence-corrected chi connectivity index (χ1v) is 6.30. The van der Waals surface area contributed by atoms with E-state index in [0.717, 1.165) is 17.9 Å². The lowest BCUT2D eigenvalue weighted by molar-refractivity contribution is 0.415. The molecule has 1 aliphatic rings. The van der Waals surface area contributed by atoms with Gasteiger partial charge in [-0.15, -0.1) is 0 Å². The van der Waals surface area contributed by atoms with Gasteiger partial charge in [-0.25, -0.2) is 0 Å². The second kappa shape index (κ2) is 4.70. The first-order valence-electron chi connectivity index (χ1n) is 6.30. The number of anilines is 1. The summed E-state index contributed by atoms with van der Waals surface area (Å²) in [6.45, 7) is 2.16. The van der Waals surface area contributed by atoms with E-state index in [9.17, 15) is 0 Å². The molecule has 0 bridgehead atoms. The van der Waals surface area contributed by atoms with E-state index in [2.05, 4.69) is 24.4 Å². The lowest BCUT2D eigenvalue weighted by Gasteiger charge is -2.10. The van der Waals surface area contributed by atoms with E-state index in [4.69, 9.17) is 4.74 Å². The Hall–Kier alpha value is -2.40. The summed E-state index contributed by atoms with van der Waals surface area (Å²) in [6, 6.07) is 18.0. The van der Waals surface area contributed by atoms with E-state index in [1.807, 2.05) is 36.4 Å². The first kappa shape index (κ1) is 11.7. The molecular formula is C17H15NO. The lowest BCUT2D eigenvalue weighted by Crippen LogP contribution is -1.98. The summed E-state index contributed by atoms with van der Waals surface area (Å²) in [5, 5.41) is 3.49. The smallest absolute Gasteiger partial charge is 0.119 e. The number of hydrogen-bond donors (Lipinski definition) is 1. The fourth-order valence-corrected chi connectivity index (χ4v) is 2.39. The van der Waals surface area contributed by atoms with Gasteiger partial charge >= 0.3 is 0 Å². The van der Waals surface area contributed by atoms with Gasteiger partial charge in [-0.05, 0) is 60.9 Å². The van der Waals surface area contributed by atoms with Gasteiger partial charge in [0.05, 0.1) is 7.11 Å². The van der Waals surface area contributed by atoms with E-state index in [0.29, 0.717) is 0 Å². The standard InChI is InChI=1S/C17H15NO/c1-12-11-13-5-3-4-6-16(13)17(12)18-14-7-9-15(19-2)10-8-14/h5-10,18H,11H2,1-2H3. The van der Waals surface area contributed by atoms with Crippen molar-refractivity contribution >= 4 is 11.4 Å². The Kier molecular flexibility index (Phi) is 2.89. The maximum atomic E-state index is 5.17. The van der Waals surface area contributed by atoms with Crippen LogP contribution in [0.25, 0.3) is 5.70 Å². The zero-order valence-corrected chi connectivity index (χ0v) is 11.1. The van der Waals surface area contributed by atoms with Crippen LogP contribution < -0.4 is 10.1 Å². The van der Waals surface area contributed by atoms with Crippen molar-refractivity contribution < 1.29 is 4.74 Å². The van der Waals surface area contributed by atoms with Gasteiger partial charge in [-0.1, -0.05) is 12.1 Å². The van der Waals surface area contributed by atoms with Gasteiger partial charge in [0.2, 0.25) is 0 Å². The number of nitrogens with one attached hydrogen (secondary N) is 1. The highest BCUT2D eigenvalue weighted by atomic mass is 16.5. The molecule has 0 saturated heterocycles. The molecule has 0 heterocycles. The van der Waals surface area contributed by atoms with Crippen molar-refractivity contribution in [3.63, 3.8) is 0 Å². The number of allylic oxidation sites excluding steroid dienone is 1. The van der Waals surface area contributed by atoms with Crippen LogP contribution in [-0.2, 0) is 6.42 Å². The first-order chi connectivity index (χ1) is 9.28. The molecule has 2 aromatic rings. The molecule has 0 fully saturated rings. The van der Waals surface area contributed by atoms with Crippen molar-refractivity contribution in [3.05, 3.63) is 65.2 Å². The van der Waals surface area contributed by atoms with E-state index in [-0.39, 0.29) is 0 Å². The maximum Gasteiger partial charge on any atom is 0.119 e. The highest BCUT2D eigenvalue weighted by Gasteiger charge is 2.18. The molecule has 0 radical (unpaired) electrons. The van der Waals surface area contributed by atoms with Crippen molar-refractivity contribution in [2.75, 3.05) is 12.4 Å². The van der Waals surface area contributed by atoms with Crippen LogP contribution in [0.15, 0.2) is 42.0 Å². The quantitative estimate of drug-likeness (QED) is 0.895. The molecule has 0 unspecified atom stereocenters. The SMILES string of the molecule is COc1ccc(NC2=C(C)Cc3cc#ccc32)cc1. The van der Waals surface area contributed by atoms with Crippen LogP contribution in [-0.4, -0.2) is 7.11 Å². The minimum absolute atomic E-state index is 0.867. The van der Waals surface area contributed by atoms with Crippen molar-refractivity contribution in [2.45, 2.75) is 13.3 Å². The molecule has 0 spiro atoms. The second-order valence-electron chi connectivity index (χ2n) is 4.70. The number of rotatable bonds is 3. The third-order valence-electron chi connectivity index (χ3n) is 3.40. The summed E-state index contributed by atoms with van der Waals surface area (Å²) in [6.07, 6.45) is 0.985. The van der Waals surface area contributed by atoms with Crippen molar-refractivity contribution in [1.29, 1.82) is 0 Å². The van der Waals surface area contributed by atoms with Crippen molar-refractivity contribution in [1.82, 2.24) is 0 Å². The Bertz CT molecular complexity index is 626. The Morgan fingerprint density at radius 2 is 1.84 bits per heavy atom. The third-order valence-corrected chi connectivity index (χ3v) is 3.40. The molecule has 1 aliphatic carbocycles. The van der Waals surface area contributed by atoms with E-state index in [1.54, 1.807) is 7.11 Å². The number of hydrogen-bond acceptors (Lipinski definition) is 2. The molecule has 2 aromatic carbocycles. The summed E-state index contributed by atoms with van der Waals surface area (Å²) in [5.74, 6) is 0.867. The van der Waals surface area contributed by atoms with Crippen LogP contribution in [0.2, 0.25) is 0 Å². The van der Waals surface area contributed by atoms with Gasteiger partial charge in [0.25, 0.3) is 0 Å². The normalized spacial score (nSPS) is 12.9. The summed E-state index contributed by atoms with van der Waals surface area (Å²) >= 11 is 0. The Morgan fingerprint density at radius 3 is 2.58 bits per heavy atom. The molecular weight excluding hydrogens is 234 g/mol. The fraction of sp³-hybridized carbons (Fsp3) is 0.176. The molecule has 2 nitrogen and oxygen atoms in total. The number of fused-ring (bicyclic) bond motifs is 1. The van der Waals surface area contributed by atoms with Crippen molar-refractivity contribution in [2.24, 2.45) is 0 Å². The van der Waals surface area contributed by atoms with E-state index >= 15 is 0 Å². The van der Waals surface area contributed by atoms with Crippen LogP contribution in [0.1, 0.15) is 18.1 Å². The second-order valence-corrected chi connectivity index (χ2v) is 4.70. The van der Waals surface area contributed by atoms with Crippen LogP contribution in [0, 0.1) is 12.1 Å². The zero-order valence-electron chi connectivity index (χ0n) is 11.1. The molecule has 3 rings (SSSR count). The molecule has 94 valence electrons. The van der Waals surface area contributed by atoms with Gasteiger partial charge in [-0.3, -0.25) is 0 Å². The Labute approximate surface area is 113 Å². The third kappa shape index (κ3) is 2.15. The van der Waals surface area contributed by atoms with Gasteiger partial charge < -0.3 is 10.1 Å². The summed E-state index contributed by atoms with van der Waals surface area (Å²) < 4.78 is 5.17. The monoisotopic (exact) mass is 249 g/mol. The van der Waals surface area contributed by atoms with Crippen LogP contribution in [0.4, 0.5) is 5.69 Å². The predicted octanol–water partition coefficient (Wildman–Crippen LogP) is 3.69. The van der Waals surface area contributed by atoms with Gasteiger partial charge in [0.1, 0.15) is 5.75 Å². The Morgan fingerprint density at radius 1 is 1.11 bits per heavy atom. The fourth-order valence-electron chi connectivity index (χ4n) is 2.39. The maximum absolute atomic E-state index is 5.17. The molecule has 0 atom stereocenters. The minimum atomic E-state index is 0.867. The topological polar surface area (TPSA) is 21.3 Å². The average molecular weight is 249 g/mol. The van der Waals surface area contributed by atoms with Gasteiger partial charge in [0.15, 0.2) is 0 Å². The predicted molar refractivity (Wildman–Crippen MR) is 77.0 cm³/mol. The summed E-state index contributed by atoms with van der Waals surface area (Å²) in [5.41, 5.74) is 6.14. The molecule has 0 aliphatic heterocycles. The molecule has 19 heavy (non-hydrogen) atoms. The molecule has 0 amide bonds. The number of ether oxygens (including phenoxy) is 1. The molecule has 1 N–H and O–H groups in total.